The van der Waals surface area contributed by atoms with Crippen LogP contribution >= 0.6 is 0 Å². The number of rotatable bonds is 5. The van der Waals surface area contributed by atoms with Crippen LogP contribution in [0.3, 0.4) is 0 Å². The lowest BCUT2D eigenvalue weighted by molar-refractivity contribution is 0.0622. The van der Waals surface area contributed by atoms with Gasteiger partial charge in [-0.15, -0.1) is 0 Å². The minimum absolute atomic E-state index is 0.352. The van der Waals surface area contributed by atoms with Gasteiger partial charge in [0, 0.05) is 11.9 Å². The van der Waals surface area contributed by atoms with E-state index in [9.17, 15) is 5.11 Å². The first-order chi connectivity index (χ1) is 10.3. The summed E-state index contributed by atoms with van der Waals surface area (Å²) in [5, 5.41) is 12.4. The molecular formula is C18H23NO2. The molecule has 2 aromatic carbocycles. The van der Waals surface area contributed by atoms with Crippen molar-refractivity contribution >= 4 is 10.8 Å². The Morgan fingerprint density at radius 1 is 1.00 bits per heavy atom. The summed E-state index contributed by atoms with van der Waals surface area (Å²) in [4.78, 5) is 2.33. The van der Waals surface area contributed by atoms with Crippen LogP contribution in [0.25, 0.3) is 10.8 Å². The van der Waals surface area contributed by atoms with E-state index in [0.717, 1.165) is 24.2 Å². The monoisotopic (exact) mass is 285 g/mol. The standard InChI is InChI=1S/C18H23NO2/c20-16(13-19-11-4-1-5-12-19)14-21-18-10-6-8-15-7-2-3-9-17(15)18/h2-3,6-10,16,20H,1,4-5,11-14H2. The van der Waals surface area contributed by atoms with Gasteiger partial charge < -0.3 is 14.7 Å². The number of hydrogen-bond acceptors (Lipinski definition) is 3. The van der Waals surface area contributed by atoms with Crippen LogP contribution in [0.15, 0.2) is 42.5 Å². The lowest BCUT2D eigenvalue weighted by Crippen LogP contribution is -2.38. The summed E-state index contributed by atoms with van der Waals surface area (Å²) in [6, 6.07) is 14.2. The highest BCUT2D eigenvalue weighted by Crippen LogP contribution is 2.25. The van der Waals surface area contributed by atoms with Crippen molar-refractivity contribution in [1.29, 1.82) is 0 Å². The molecule has 0 radical (unpaired) electrons. The number of likely N-dealkylation sites (tertiary alicyclic amines) is 1. The van der Waals surface area contributed by atoms with E-state index in [1.54, 1.807) is 0 Å². The molecule has 1 N–H and O–H groups in total. The van der Waals surface area contributed by atoms with Gasteiger partial charge >= 0.3 is 0 Å². The van der Waals surface area contributed by atoms with Gasteiger partial charge in [-0.05, 0) is 37.4 Å². The molecule has 1 aliphatic rings. The van der Waals surface area contributed by atoms with Crippen molar-refractivity contribution in [2.45, 2.75) is 25.4 Å². The van der Waals surface area contributed by atoms with Crippen molar-refractivity contribution < 1.29 is 9.84 Å². The van der Waals surface area contributed by atoms with Gasteiger partial charge in [0.15, 0.2) is 0 Å². The Kier molecular flexibility index (Phi) is 4.73. The zero-order chi connectivity index (χ0) is 14.5. The smallest absolute Gasteiger partial charge is 0.127 e. The van der Waals surface area contributed by atoms with Gasteiger partial charge in [-0.25, -0.2) is 0 Å². The third-order valence-corrected chi connectivity index (χ3v) is 4.10. The summed E-state index contributed by atoms with van der Waals surface area (Å²) in [5.41, 5.74) is 0. The van der Waals surface area contributed by atoms with Gasteiger partial charge in [0.2, 0.25) is 0 Å². The van der Waals surface area contributed by atoms with E-state index in [2.05, 4.69) is 23.1 Å². The lowest BCUT2D eigenvalue weighted by atomic mass is 10.1. The quantitative estimate of drug-likeness (QED) is 0.916. The van der Waals surface area contributed by atoms with Crippen molar-refractivity contribution in [3.05, 3.63) is 42.5 Å². The SMILES string of the molecule is OC(COc1cccc2ccccc12)CN1CCCCC1. The molecule has 3 nitrogen and oxygen atoms in total. The number of β-amino-alcohol motifs (C(OH)–C–C–N with tert-alkyl or cyclic N) is 1. The van der Waals surface area contributed by atoms with E-state index in [1.807, 2.05) is 24.3 Å². The molecule has 112 valence electrons. The Morgan fingerprint density at radius 3 is 2.62 bits per heavy atom. The lowest BCUT2D eigenvalue weighted by Gasteiger charge is -2.28. The van der Waals surface area contributed by atoms with Crippen LogP contribution in [0.2, 0.25) is 0 Å². The summed E-state index contributed by atoms with van der Waals surface area (Å²) in [6.07, 6.45) is 3.38. The molecule has 1 saturated heterocycles. The number of aliphatic hydroxyl groups is 1. The fourth-order valence-electron chi connectivity index (χ4n) is 3.00. The molecule has 0 bridgehead atoms. The van der Waals surface area contributed by atoms with Crippen molar-refractivity contribution in [2.75, 3.05) is 26.2 Å². The Morgan fingerprint density at radius 2 is 1.76 bits per heavy atom. The highest BCUT2D eigenvalue weighted by Gasteiger charge is 2.15. The first-order valence-corrected chi connectivity index (χ1v) is 7.84. The number of aliphatic hydroxyl groups excluding tert-OH is 1. The summed E-state index contributed by atoms with van der Waals surface area (Å²) in [7, 11) is 0. The van der Waals surface area contributed by atoms with Crippen LogP contribution < -0.4 is 4.74 Å². The van der Waals surface area contributed by atoms with Crippen LogP contribution in [0, 0.1) is 0 Å². The first kappa shape index (κ1) is 14.4. The highest BCUT2D eigenvalue weighted by molar-refractivity contribution is 5.88. The zero-order valence-electron chi connectivity index (χ0n) is 12.4. The fourth-order valence-corrected chi connectivity index (χ4v) is 3.00. The van der Waals surface area contributed by atoms with Crippen LogP contribution in [0.5, 0.6) is 5.75 Å². The molecule has 0 spiro atoms. The molecule has 0 aromatic heterocycles. The van der Waals surface area contributed by atoms with Crippen molar-refractivity contribution in [3.8, 4) is 5.75 Å². The second kappa shape index (κ2) is 6.92. The molecule has 1 atom stereocenters. The van der Waals surface area contributed by atoms with E-state index < -0.39 is 6.10 Å². The number of piperidine rings is 1. The molecule has 1 aliphatic heterocycles. The summed E-state index contributed by atoms with van der Waals surface area (Å²) < 4.78 is 5.85. The maximum atomic E-state index is 10.2. The Hall–Kier alpha value is -1.58. The number of ether oxygens (including phenoxy) is 1. The molecule has 2 aromatic rings. The average molecular weight is 285 g/mol. The van der Waals surface area contributed by atoms with Gasteiger partial charge in [-0.1, -0.05) is 42.8 Å². The minimum atomic E-state index is -0.429. The number of benzene rings is 2. The third kappa shape index (κ3) is 3.74. The zero-order valence-corrected chi connectivity index (χ0v) is 12.4. The van der Waals surface area contributed by atoms with E-state index in [0.29, 0.717) is 13.2 Å². The summed E-state index contributed by atoms with van der Waals surface area (Å²) >= 11 is 0. The van der Waals surface area contributed by atoms with Crippen molar-refractivity contribution in [2.24, 2.45) is 0 Å². The van der Waals surface area contributed by atoms with E-state index >= 15 is 0 Å². The van der Waals surface area contributed by atoms with Gasteiger partial charge in [0.05, 0.1) is 0 Å². The van der Waals surface area contributed by atoms with Gasteiger partial charge in [-0.3, -0.25) is 0 Å². The normalized spacial score (nSPS) is 17.8. The van der Waals surface area contributed by atoms with Crippen LogP contribution in [0.1, 0.15) is 19.3 Å². The molecular weight excluding hydrogens is 262 g/mol. The number of nitrogens with zero attached hydrogens (tertiary/aromatic N) is 1. The second-order valence-corrected chi connectivity index (χ2v) is 5.80. The van der Waals surface area contributed by atoms with Gasteiger partial charge in [0.1, 0.15) is 18.5 Å². The number of hydrogen-bond donors (Lipinski definition) is 1. The van der Waals surface area contributed by atoms with Crippen LogP contribution in [-0.4, -0.2) is 42.4 Å². The molecule has 3 heteroatoms. The summed E-state index contributed by atoms with van der Waals surface area (Å²) in [5.74, 6) is 0.853. The Bertz CT molecular complexity index is 573. The minimum Gasteiger partial charge on any atom is -0.490 e. The molecule has 0 aliphatic carbocycles. The Balaban J connectivity index is 1.58. The first-order valence-electron chi connectivity index (χ1n) is 7.84. The molecule has 0 amide bonds. The van der Waals surface area contributed by atoms with Crippen molar-refractivity contribution in [1.82, 2.24) is 4.90 Å². The maximum Gasteiger partial charge on any atom is 0.127 e. The van der Waals surface area contributed by atoms with Gasteiger partial charge in [0.25, 0.3) is 0 Å². The average Bonchev–Trinajstić information content (AvgIpc) is 2.54. The molecule has 1 unspecified atom stereocenters. The predicted molar refractivity (Wildman–Crippen MR) is 85.7 cm³/mol. The highest BCUT2D eigenvalue weighted by atomic mass is 16.5. The van der Waals surface area contributed by atoms with Crippen LogP contribution in [-0.2, 0) is 0 Å². The van der Waals surface area contributed by atoms with E-state index in [4.69, 9.17) is 4.74 Å². The second-order valence-electron chi connectivity index (χ2n) is 5.80. The molecule has 0 saturated carbocycles. The molecule has 1 heterocycles. The van der Waals surface area contributed by atoms with Crippen molar-refractivity contribution in [3.63, 3.8) is 0 Å². The predicted octanol–water partition coefficient (Wildman–Crippen LogP) is 3.07. The van der Waals surface area contributed by atoms with E-state index in [-0.39, 0.29) is 0 Å². The maximum absolute atomic E-state index is 10.2. The van der Waals surface area contributed by atoms with Crippen LogP contribution in [0.4, 0.5) is 0 Å². The number of fused-ring (bicyclic) bond motifs is 1. The molecule has 1 fully saturated rings. The van der Waals surface area contributed by atoms with E-state index in [1.165, 1.54) is 24.6 Å². The fraction of sp³-hybridized carbons (Fsp3) is 0.444. The molecule has 21 heavy (non-hydrogen) atoms. The topological polar surface area (TPSA) is 32.7 Å². The largest absolute Gasteiger partial charge is 0.490 e. The summed E-state index contributed by atoms with van der Waals surface area (Å²) in [6.45, 7) is 3.27. The Labute approximate surface area is 126 Å². The molecule has 3 rings (SSSR count). The van der Waals surface area contributed by atoms with Gasteiger partial charge in [-0.2, -0.15) is 0 Å². The third-order valence-electron chi connectivity index (χ3n) is 4.10.